The fourth-order valence-corrected chi connectivity index (χ4v) is 6.83. The molecule has 3 aliphatic heterocycles. The van der Waals surface area contributed by atoms with Gasteiger partial charge in [-0.2, -0.15) is 0 Å². The van der Waals surface area contributed by atoms with Crippen LogP contribution in [0.5, 0.6) is 0 Å². The molecule has 0 spiro atoms. The largest absolute Gasteiger partial charge is 0.477 e. The van der Waals surface area contributed by atoms with Gasteiger partial charge < -0.3 is 26.2 Å². The fraction of sp³-hybridized carbons (Fsp3) is 0.636. The Labute approximate surface area is 196 Å². The molecule has 0 aromatic carbocycles. The van der Waals surface area contributed by atoms with Crippen LogP contribution in [0.15, 0.2) is 29.3 Å². The highest BCUT2D eigenvalue weighted by atomic mass is 32.2. The van der Waals surface area contributed by atoms with E-state index in [2.05, 4.69) is 5.32 Å². The van der Waals surface area contributed by atoms with Crippen molar-refractivity contribution in [3.8, 4) is 0 Å². The zero-order chi connectivity index (χ0) is 23.9. The number of hydrogen-bond acceptors (Lipinski definition) is 6. The summed E-state index contributed by atoms with van der Waals surface area (Å²) in [7, 11) is 0. The Bertz CT molecular complexity index is 976. The van der Waals surface area contributed by atoms with E-state index in [1.807, 2.05) is 30.2 Å². The number of thioether (sulfide) groups is 1. The average Bonchev–Trinajstić information content (AvgIpc) is 3.41. The molecule has 1 aromatic heterocycles. The van der Waals surface area contributed by atoms with Crippen molar-refractivity contribution in [3.63, 3.8) is 0 Å². The lowest BCUT2D eigenvalue weighted by atomic mass is 9.79. The van der Waals surface area contributed by atoms with Crippen LogP contribution in [0.4, 0.5) is 0 Å². The molecule has 10 nitrogen and oxygen atoms in total. The van der Waals surface area contributed by atoms with Crippen LogP contribution in [-0.2, 0) is 27.5 Å². The summed E-state index contributed by atoms with van der Waals surface area (Å²) in [6.45, 7) is 5.35. The number of rotatable bonds is 10. The number of nitrogens with zero attached hydrogens (tertiary/aromatic N) is 3. The first-order valence-electron chi connectivity index (χ1n) is 11.4. The molecule has 180 valence electrons. The highest BCUT2D eigenvalue weighted by Gasteiger charge is 2.60. The number of aliphatic carboxylic acids is 1. The van der Waals surface area contributed by atoms with Gasteiger partial charge in [0, 0.05) is 28.7 Å². The van der Waals surface area contributed by atoms with E-state index in [0.717, 1.165) is 37.3 Å². The quantitative estimate of drug-likeness (QED) is 0.266. The predicted molar refractivity (Wildman–Crippen MR) is 120 cm³/mol. The van der Waals surface area contributed by atoms with Crippen LogP contribution < -0.4 is 15.6 Å². The standard InChI is InChI=1S/C22H31N5O5S/c1-12-18-17(13(2)28)21(30)27(18)19(22(31)32)20(12)33-15-8-14(24-9-15)4-3-5-25-6-7-26(11-25)10-16(23)29/h6-7,11-15,17-18,24,28H,3-5,8-10H2,1-2H3,(H2-,23,29,31,32)/p+1/t12-,13-,14-,15+,17-,18-/m1/s1. The number of aliphatic hydroxyl groups is 1. The van der Waals surface area contributed by atoms with Gasteiger partial charge in [0.25, 0.3) is 5.91 Å². The van der Waals surface area contributed by atoms with Crippen LogP contribution in [0.2, 0.25) is 0 Å². The van der Waals surface area contributed by atoms with E-state index in [-0.39, 0.29) is 41.3 Å². The number of carboxylic acids is 1. The molecular weight excluding hydrogens is 446 g/mol. The highest BCUT2D eigenvalue weighted by Crippen LogP contribution is 2.51. The van der Waals surface area contributed by atoms with Crippen molar-refractivity contribution in [1.82, 2.24) is 14.8 Å². The lowest BCUT2D eigenvalue weighted by molar-refractivity contribution is -0.683. The Morgan fingerprint density at radius 2 is 2.18 bits per heavy atom. The van der Waals surface area contributed by atoms with Crippen molar-refractivity contribution in [2.24, 2.45) is 17.6 Å². The second-order valence-corrected chi connectivity index (χ2v) is 10.6. The maximum atomic E-state index is 12.5. The van der Waals surface area contributed by atoms with Crippen LogP contribution in [0.1, 0.15) is 33.1 Å². The van der Waals surface area contributed by atoms with E-state index in [4.69, 9.17) is 5.73 Å². The molecule has 1 aromatic rings. The molecule has 5 N–H and O–H groups in total. The normalized spacial score (nSPS) is 29.8. The molecule has 11 heteroatoms. The SMILES string of the molecule is C[C@@H](O)[C@H]1C(=O)N2C(C(=O)O)=C(S[C@@H]3CN[C@H](CCCn4cc[n+](CC(N)=O)c4)C3)[C@H](C)[C@H]12. The van der Waals surface area contributed by atoms with E-state index in [1.165, 1.54) is 4.90 Å². The maximum Gasteiger partial charge on any atom is 0.353 e. The van der Waals surface area contributed by atoms with Crippen LogP contribution >= 0.6 is 11.8 Å². The molecule has 2 saturated heterocycles. The van der Waals surface area contributed by atoms with Gasteiger partial charge in [0.05, 0.1) is 24.6 Å². The zero-order valence-corrected chi connectivity index (χ0v) is 19.7. The molecule has 2 fully saturated rings. The zero-order valence-electron chi connectivity index (χ0n) is 18.9. The van der Waals surface area contributed by atoms with Gasteiger partial charge in [-0.05, 0) is 26.2 Å². The minimum atomic E-state index is -1.08. The number of imidazole rings is 1. The van der Waals surface area contributed by atoms with E-state index >= 15 is 0 Å². The van der Waals surface area contributed by atoms with Crippen LogP contribution in [0, 0.1) is 11.8 Å². The lowest BCUT2D eigenvalue weighted by Crippen LogP contribution is -2.63. The predicted octanol–water partition coefficient (Wildman–Crippen LogP) is -0.341. The number of aryl methyl sites for hydroxylation is 1. The van der Waals surface area contributed by atoms with Gasteiger partial charge in [-0.25, -0.2) is 13.9 Å². The second kappa shape index (κ2) is 9.47. The van der Waals surface area contributed by atoms with Crippen LogP contribution in [-0.4, -0.2) is 67.4 Å². The Balaban J connectivity index is 1.31. The molecule has 6 atom stereocenters. The fourth-order valence-electron chi connectivity index (χ4n) is 5.31. The third-order valence-corrected chi connectivity index (χ3v) is 8.35. The molecule has 0 radical (unpaired) electrons. The first kappa shape index (κ1) is 23.8. The molecule has 0 bridgehead atoms. The number of primary amides is 1. The summed E-state index contributed by atoms with van der Waals surface area (Å²) in [5.74, 6) is -2.37. The van der Waals surface area contributed by atoms with Crippen molar-refractivity contribution < 1.29 is 29.2 Å². The van der Waals surface area contributed by atoms with Crippen molar-refractivity contribution in [2.45, 2.75) is 69.6 Å². The Morgan fingerprint density at radius 1 is 1.42 bits per heavy atom. The Hall–Kier alpha value is -2.37. The molecule has 0 aliphatic carbocycles. The number of nitrogens with two attached hydrogens (primary N) is 1. The molecule has 4 heterocycles. The topological polar surface area (TPSA) is 142 Å². The Morgan fingerprint density at radius 3 is 2.85 bits per heavy atom. The van der Waals surface area contributed by atoms with Gasteiger partial charge in [0.15, 0.2) is 6.54 Å². The van der Waals surface area contributed by atoms with Gasteiger partial charge in [-0.1, -0.05) is 6.92 Å². The van der Waals surface area contributed by atoms with E-state index in [1.54, 1.807) is 23.3 Å². The number of hydrogen-bond donors (Lipinski definition) is 4. The molecule has 2 amide bonds. The second-order valence-electron chi connectivity index (χ2n) is 9.28. The number of carbonyl (C=O) groups is 3. The summed E-state index contributed by atoms with van der Waals surface area (Å²) in [6, 6.07) is 0.0837. The highest BCUT2D eigenvalue weighted by molar-refractivity contribution is 8.03. The van der Waals surface area contributed by atoms with Crippen LogP contribution in [0.3, 0.4) is 0 Å². The maximum absolute atomic E-state index is 12.5. The minimum Gasteiger partial charge on any atom is -0.477 e. The van der Waals surface area contributed by atoms with E-state index in [9.17, 15) is 24.6 Å². The van der Waals surface area contributed by atoms with Crippen LogP contribution in [0.25, 0.3) is 0 Å². The van der Waals surface area contributed by atoms with Gasteiger partial charge in [-0.3, -0.25) is 9.59 Å². The third kappa shape index (κ3) is 4.67. The van der Waals surface area contributed by atoms with E-state index < -0.39 is 18.0 Å². The van der Waals surface area contributed by atoms with Crippen molar-refractivity contribution in [3.05, 3.63) is 29.3 Å². The number of fused-ring (bicyclic) bond motifs is 1. The molecule has 3 aliphatic rings. The molecule has 33 heavy (non-hydrogen) atoms. The molecule has 0 saturated carbocycles. The first-order valence-corrected chi connectivity index (χ1v) is 12.3. The number of aliphatic hydroxyl groups excluding tert-OH is 1. The number of carboxylic acid groups (broad SMARTS) is 1. The lowest BCUT2D eigenvalue weighted by Gasteiger charge is -2.46. The summed E-state index contributed by atoms with van der Waals surface area (Å²) in [6.07, 6.45) is 7.73. The third-order valence-electron chi connectivity index (χ3n) is 6.84. The van der Waals surface area contributed by atoms with Crippen molar-refractivity contribution >= 4 is 29.5 Å². The number of β-lactam (4-membered cyclic amide) rings is 1. The number of nitrogens with one attached hydrogen (secondary N) is 1. The monoisotopic (exact) mass is 478 g/mol. The first-order chi connectivity index (χ1) is 15.7. The van der Waals surface area contributed by atoms with Gasteiger partial charge in [0.1, 0.15) is 18.1 Å². The minimum absolute atomic E-state index is 0.0970. The van der Waals surface area contributed by atoms with Gasteiger partial charge >= 0.3 is 5.97 Å². The molecule has 4 rings (SSSR count). The average molecular weight is 479 g/mol. The smallest absolute Gasteiger partial charge is 0.353 e. The van der Waals surface area contributed by atoms with Crippen molar-refractivity contribution in [1.29, 1.82) is 0 Å². The van der Waals surface area contributed by atoms with E-state index in [0.29, 0.717) is 6.04 Å². The summed E-state index contributed by atoms with van der Waals surface area (Å²) in [5, 5.41) is 23.6. The summed E-state index contributed by atoms with van der Waals surface area (Å²) in [5.41, 5.74) is 5.32. The van der Waals surface area contributed by atoms with Gasteiger partial charge in [0.2, 0.25) is 12.2 Å². The summed E-state index contributed by atoms with van der Waals surface area (Å²) >= 11 is 1.57. The summed E-state index contributed by atoms with van der Waals surface area (Å²) in [4.78, 5) is 37.6. The number of aromatic nitrogens is 2. The molecule has 0 unspecified atom stereocenters. The summed E-state index contributed by atoms with van der Waals surface area (Å²) < 4.78 is 3.80. The Kier molecular flexibility index (Phi) is 6.83. The molecular formula is C22H32N5O5S+. The number of carbonyl (C=O) groups excluding carboxylic acids is 2. The van der Waals surface area contributed by atoms with Crippen molar-refractivity contribution in [2.75, 3.05) is 6.54 Å². The van der Waals surface area contributed by atoms with Gasteiger partial charge in [-0.15, -0.1) is 11.8 Å². The number of amides is 2.